The van der Waals surface area contributed by atoms with Crippen LogP contribution in [0.4, 0.5) is 5.69 Å². The zero-order chi connectivity index (χ0) is 25.3. The van der Waals surface area contributed by atoms with Crippen LogP contribution in [-0.4, -0.2) is 28.9 Å². The summed E-state index contributed by atoms with van der Waals surface area (Å²) in [6, 6.07) is 20.4. The third kappa shape index (κ3) is 6.79. The Morgan fingerprint density at radius 2 is 1.83 bits per heavy atom. The molecule has 0 atom stereocenters. The molecule has 0 bridgehead atoms. The van der Waals surface area contributed by atoms with Crippen LogP contribution in [0.1, 0.15) is 29.1 Å². The second kappa shape index (κ2) is 11.8. The van der Waals surface area contributed by atoms with E-state index in [1.165, 1.54) is 0 Å². The number of anilines is 1. The fraction of sp³-hybridized carbons (Fsp3) is 0.214. The van der Waals surface area contributed by atoms with Crippen LogP contribution in [0, 0.1) is 6.92 Å². The van der Waals surface area contributed by atoms with Crippen LogP contribution in [0.3, 0.4) is 0 Å². The van der Waals surface area contributed by atoms with Gasteiger partial charge in [0.2, 0.25) is 17.7 Å². The number of carbonyl (C=O) groups excluding carboxylic acids is 2. The van der Waals surface area contributed by atoms with Crippen LogP contribution in [0.25, 0.3) is 11.5 Å². The molecular formula is C28H28N4O4. The summed E-state index contributed by atoms with van der Waals surface area (Å²) in [7, 11) is 1.61. The molecule has 2 heterocycles. The van der Waals surface area contributed by atoms with Gasteiger partial charge in [-0.2, -0.15) is 0 Å². The predicted molar refractivity (Wildman–Crippen MR) is 136 cm³/mol. The molecule has 0 unspecified atom stereocenters. The first-order valence-electron chi connectivity index (χ1n) is 11.7. The van der Waals surface area contributed by atoms with Crippen molar-refractivity contribution >= 4 is 17.5 Å². The van der Waals surface area contributed by atoms with E-state index in [1.807, 2.05) is 73.7 Å². The molecule has 4 rings (SSSR count). The lowest BCUT2D eigenvalue weighted by molar-refractivity contribution is -0.121. The topological polar surface area (TPSA) is 106 Å². The van der Waals surface area contributed by atoms with Gasteiger partial charge in [-0.15, -0.1) is 0 Å². The summed E-state index contributed by atoms with van der Waals surface area (Å²) < 4.78 is 11.0. The minimum Gasteiger partial charge on any atom is -0.497 e. The highest BCUT2D eigenvalue weighted by atomic mass is 16.5. The summed E-state index contributed by atoms with van der Waals surface area (Å²) in [4.78, 5) is 33.5. The van der Waals surface area contributed by atoms with Gasteiger partial charge < -0.3 is 19.8 Å². The van der Waals surface area contributed by atoms with Gasteiger partial charge >= 0.3 is 0 Å². The van der Waals surface area contributed by atoms with Crippen molar-refractivity contribution in [3.63, 3.8) is 0 Å². The second-order valence-corrected chi connectivity index (χ2v) is 8.27. The smallest absolute Gasteiger partial charge is 0.228 e. The monoisotopic (exact) mass is 484 g/mol. The molecule has 2 amide bonds. The first-order chi connectivity index (χ1) is 17.5. The number of ether oxygens (including phenoxy) is 1. The number of benzene rings is 2. The molecule has 2 N–H and O–H groups in total. The zero-order valence-corrected chi connectivity index (χ0v) is 20.3. The molecule has 0 radical (unpaired) electrons. The third-order valence-corrected chi connectivity index (χ3v) is 5.60. The fourth-order valence-corrected chi connectivity index (χ4v) is 3.64. The number of nitrogens with zero attached hydrogens (tertiary/aromatic N) is 2. The molecule has 0 aliphatic carbocycles. The maximum absolute atomic E-state index is 12.5. The van der Waals surface area contributed by atoms with Gasteiger partial charge in [0.1, 0.15) is 17.2 Å². The van der Waals surface area contributed by atoms with E-state index in [4.69, 9.17) is 9.15 Å². The van der Waals surface area contributed by atoms with Crippen molar-refractivity contribution in [3.8, 4) is 17.2 Å². The van der Waals surface area contributed by atoms with Gasteiger partial charge in [-0.25, -0.2) is 4.98 Å². The molecule has 0 fully saturated rings. The number of hydrogen-bond acceptors (Lipinski definition) is 6. The van der Waals surface area contributed by atoms with Crippen LogP contribution in [-0.2, 0) is 29.0 Å². The Hall–Kier alpha value is -4.46. The molecule has 0 aliphatic rings. The first kappa shape index (κ1) is 24.7. The van der Waals surface area contributed by atoms with Crippen molar-refractivity contribution in [3.05, 3.63) is 95.6 Å². The van der Waals surface area contributed by atoms with Crippen LogP contribution in [0.2, 0.25) is 0 Å². The van der Waals surface area contributed by atoms with E-state index >= 15 is 0 Å². The Kier molecular flexibility index (Phi) is 8.08. The van der Waals surface area contributed by atoms with Gasteiger partial charge in [0, 0.05) is 29.6 Å². The first-order valence-corrected chi connectivity index (χ1v) is 11.7. The Labute approximate surface area is 209 Å². The van der Waals surface area contributed by atoms with E-state index in [0.717, 1.165) is 22.6 Å². The summed E-state index contributed by atoms with van der Waals surface area (Å²) in [5.41, 5.74) is 3.80. The predicted octanol–water partition coefficient (Wildman–Crippen LogP) is 4.48. The number of rotatable bonds is 10. The minimum absolute atomic E-state index is 0.0776. The van der Waals surface area contributed by atoms with E-state index in [1.54, 1.807) is 13.3 Å². The summed E-state index contributed by atoms with van der Waals surface area (Å²) in [6.07, 6.45) is 2.89. The van der Waals surface area contributed by atoms with E-state index in [9.17, 15) is 9.59 Å². The highest BCUT2D eigenvalue weighted by Crippen LogP contribution is 2.24. The van der Waals surface area contributed by atoms with E-state index in [2.05, 4.69) is 20.6 Å². The van der Waals surface area contributed by atoms with Gasteiger partial charge in [0.05, 0.1) is 20.1 Å². The summed E-state index contributed by atoms with van der Waals surface area (Å²) in [5.74, 6) is 1.60. The average molecular weight is 485 g/mol. The standard InChI is InChI=1S/C28H28N4O4/c1-19-25(18-30-26(33)14-11-22-7-3-4-15-29-22)32-28(36-19)21-6-5-8-23(17-21)31-27(34)16-20-9-12-24(35-2)13-10-20/h3-10,12-13,15,17H,11,14,16,18H2,1-2H3,(H,30,33)(H,31,34). The number of pyridine rings is 1. The van der Waals surface area contributed by atoms with Crippen molar-refractivity contribution in [1.82, 2.24) is 15.3 Å². The SMILES string of the molecule is COc1ccc(CC(=O)Nc2cccc(-c3nc(CNC(=O)CCc4ccccn4)c(C)o3)c2)cc1. The Bertz CT molecular complexity index is 1320. The van der Waals surface area contributed by atoms with E-state index in [0.29, 0.717) is 35.9 Å². The number of aromatic nitrogens is 2. The van der Waals surface area contributed by atoms with Crippen molar-refractivity contribution in [2.75, 3.05) is 12.4 Å². The highest BCUT2D eigenvalue weighted by Gasteiger charge is 2.14. The quantitative estimate of drug-likeness (QED) is 0.344. The lowest BCUT2D eigenvalue weighted by atomic mass is 10.1. The largest absolute Gasteiger partial charge is 0.497 e. The Morgan fingerprint density at radius 3 is 2.58 bits per heavy atom. The molecule has 2 aromatic carbocycles. The second-order valence-electron chi connectivity index (χ2n) is 8.27. The number of amides is 2. The lowest BCUT2D eigenvalue weighted by Crippen LogP contribution is -2.23. The summed E-state index contributed by atoms with van der Waals surface area (Å²) in [5, 5.41) is 5.80. The number of carbonyl (C=O) groups is 2. The number of hydrogen-bond donors (Lipinski definition) is 2. The Balaban J connectivity index is 1.33. The molecule has 184 valence electrons. The normalized spacial score (nSPS) is 10.6. The van der Waals surface area contributed by atoms with Crippen molar-refractivity contribution in [2.24, 2.45) is 0 Å². The van der Waals surface area contributed by atoms with E-state index < -0.39 is 0 Å². The van der Waals surface area contributed by atoms with Gasteiger partial charge in [0.15, 0.2) is 0 Å². The number of methoxy groups -OCH3 is 1. The van der Waals surface area contributed by atoms with Gasteiger partial charge in [-0.1, -0.05) is 24.3 Å². The molecule has 0 spiro atoms. The molecule has 36 heavy (non-hydrogen) atoms. The molecule has 8 nitrogen and oxygen atoms in total. The molecule has 8 heteroatoms. The van der Waals surface area contributed by atoms with Crippen LogP contribution >= 0.6 is 0 Å². The van der Waals surface area contributed by atoms with E-state index in [-0.39, 0.29) is 24.8 Å². The average Bonchev–Trinajstić information content (AvgIpc) is 3.28. The lowest BCUT2D eigenvalue weighted by Gasteiger charge is -2.07. The molecule has 0 saturated heterocycles. The molecule has 0 saturated carbocycles. The maximum Gasteiger partial charge on any atom is 0.228 e. The fourth-order valence-electron chi connectivity index (χ4n) is 3.64. The maximum atomic E-state index is 12.5. The summed E-state index contributed by atoms with van der Waals surface area (Å²) in [6.45, 7) is 2.08. The molecule has 2 aromatic heterocycles. The van der Waals surface area contributed by atoms with Crippen molar-refractivity contribution in [2.45, 2.75) is 32.7 Å². The van der Waals surface area contributed by atoms with Crippen LogP contribution < -0.4 is 15.4 Å². The number of nitrogens with one attached hydrogen (secondary N) is 2. The van der Waals surface area contributed by atoms with Gasteiger partial charge in [-0.05, 0) is 61.4 Å². The van der Waals surface area contributed by atoms with Crippen LogP contribution in [0.15, 0.2) is 77.3 Å². The zero-order valence-electron chi connectivity index (χ0n) is 20.3. The third-order valence-electron chi connectivity index (χ3n) is 5.60. The molecular weight excluding hydrogens is 456 g/mol. The van der Waals surface area contributed by atoms with Crippen LogP contribution in [0.5, 0.6) is 5.75 Å². The minimum atomic E-state index is -0.130. The molecule has 0 aliphatic heterocycles. The molecule has 4 aromatic rings. The summed E-state index contributed by atoms with van der Waals surface area (Å²) >= 11 is 0. The van der Waals surface area contributed by atoms with Crippen molar-refractivity contribution < 1.29 is 18.7 Å². The van der Waals surface area contributed by atoms with Gasteiger partial charge in [0.25, 0.3) is 0 Å². The number of oxazole rings is 1. The van der Waals surface area contributed by atoms with Crippen molar-refractivity contribution in [1.29, 1.82) is 0 Å². The highest BCUT2D eigenvalue weighted by molar-refractivity contribution is 5.92. The van der Waals surface area contributed by atoms with Gasteiger partial charge in [-0.3, -0.25) is 14.6 Å². The number of aryl methyl sites for hydroxylation is 2. The Morgan fingerprint density at radius 1 is 1.00 bits per heavy atom.